The first-order valence-corrected chi connectivity index (χ1v) is 12.4. The van der Waals surface area contributed by atoms with Crippen molar-refractivity contribution < 1.29 is 29.0 Å². The standard InChI is InChI=1S/C29H33NO6/c1-19(2)26(31)35-15-8-16-36-27(32)21(18-29(13-14-29)28(33)34)17-20(3)30-24-11-6-4-9-22(24)23-10-5-7-12-25(23)30/h4-7,9-12,20-21H,1,8,13-18H2,2-3H3,(H,33,34). The van der Waals surface area contributed by atoms with Crippen molar-refractivity contribution in [2.45, 2.75) is 52.0 Å². The zero-order valence-corrected chi connectivity index (χ0v) is 20.9. The molecule has 7 heteroatoms. The average Bonchev–Trinajstić information content (AvgIpc) is 3.57. The molecule has 1 aliphatic rings. The molecule has 190 valence electrons. The lowest BCUT2D eigenvalue weighted by Crippen LogP contribution is -2.28. The van der Waals surface area contributed by atoms with Crippen LogP contribution >= 0.6 is 0 Å². The molecule has 4 rings (SSSR count). The van der Waals surface area contributed by atoms with Crippen molar-refractivity contribution in [2.24, 2.45) is 11.3 Å². The second-order valence-corrected chi connectivity index (χ2v) is 9.91. The molecule has 2 unspecified atom stereocenters. The van der Waals surface area contributed by atoms with Gasteiger partial charge in [-0.25, -0.2) is 4.79 Å². The van der Waals surface area contributed by atoms with Crippen LogP contribution < -0.4 is 0 Å². The largest absolute Gasteiger partial charge is 0.481 e. The number of hydrogen-bond donors (Lipinski definition) is 1. The van der Waals surface area contributed by atoms with Crippen molar-refractivity contribution in [1.29, 1.82) is 0 Å². The molecule has 1 heterocycles. The first kappa shape index (κ1) is 25.5. The SMILES string of the molecule is C=C(C)C(=O)OCCCOC(=O)C(CC(C)n1c2ccccc2c2ccccc21)CC1(C(=O)O)CC1. The molecule has 1 N–H and O–H groups in total. The summed E-state index contributed by atoms with van der Waals surface area (Å²) in [5.74, 6) is -2.29. The van der Waals surface area contributed by atoms with Gasteiger partial charge < -0.3 is 19.1 Å². The molecule has 0 aliphatic heterocycles. The van der Waals surface area contributed by atoms with Gasteiger partial charge in [0.15, 0.2) is 0 Å². The summed E-state index contributed by atoms with van der Waals surface area (Å²) in [5.41, 5.74) is 1.63. The number of carbonyl (C=O) groups excluding carboxylic acids is 2. The fourth-order valence-corrected chi connectivity index (χ4v) is 4.97. The fourth-order valence-electron chi connectivity index (χ4n) is 4.97. The highest BCUT2D eigenvalue weighted by Gasteiger charge is 2.52. The van der Waals surface area contributed by atoms with E-state index in [9.17, 15) is 19.5 Å². The Labute approximate surface area is 210 Å². The maximum Gasteiger partial charge on any atom is 0.333 e. The number of esters is 2. The summed E-state index contributed by atoms with van der Waals surface area (Å²) in [6, 6.07) is 16.3. The zero-order chi connectivity index (χ0) is 25.9. The van der Waals surface area contributed by atoms with E-state index in [1.54, 1.807) is 6.92 Å². The smallest absolute Gasteiger partial charge is 0.333 e. The molecule has 0 saturated heterocycles. The Morgan fingerprint density at radius 1 is 1.00 bits per heavy atom. The zero-order valence-electron chi connectivity index (χ0n) is 20.9. The maximum atomic E-state index is 13.2. The van der Waals surface area contributed by atoms with Crippen LogP contribution in [0.4, 0.5) is 0 Å². The van der Waals surface area contributed by atoms with E-state index in [-0.39, 0.29) is 25.7 Å². The van der Waals surface area contributed by atoms with Crippen molar-refractivity contribution in [3.05, 3.63) is 60.7 Å². The third-order valence-corrected chi connectivity index (χ3v) is 7.08. The molecule has 2 atom stereocenters. The van der Waals surface area contributed by atoms with Gasteiger partial charge in [0.25, 0.3) is 0 Å². The second kappa shape index (κ2) is 10.6. The van der Waals surface area contributed by atoms with E-state index in [0.717, 1.165) is 21.8 Å². The van der Waals surface area contributed by atoms with Gasteiger partial charge in [-0.1, -0.05) is 43.0 Å². The molecule has 0 amide bonds. The van der Waals surface area contributed by atoms with E-state index < -0.39 is 29.2 Å². The van der Waals surface area contributed by atoms with Crippen LogP contribution in [0.5, 0.6) is 0 Å². The van der Waals surface area contributed by atoms with E-state index >= 15 is 0 Å². The van der Waals surface area contributed by atoms with Gasteiger partial charge in [0, 0.05) is 39.8 Å². The number of carboxylic acids is 1. The van der Waals surface area contributed by atoms with Crippen molar-refractivity contribution >= 4 is 39.7 Å². The first-order valence-electron chi connectivity index (χ1n) is 12.4. The molecular formula is C29H33NO6. The molecule has 2 aromatic carbocycles. The van der Waals surface area contributed by atoms with Crippen LogP contribution in [0.25, 0.3) is 21.8 Å². The van der Waals surface area contributed by atoms with E-state index in [1.165, 1.54) is 0 Å². The predicted octanol–water partition coefficient (Wildman–Crippen LogP) is 5.67. The van der Waals surface area contributed by atoms with Gasteiger partial charge in [0.05, 0.1) is 24.5 Å². The van der Waals surface area contributed by atoms with Crippen LogP contribution in [0.15, 0.2) is 60.7 Å². The van der Waals surface area contributed by atoms with Crippen LogP contribution in [0.1, 0.15) is 52.0 Å². The van der Waals surface area contributed by atoms with Crippen molar-refractivity contribution in [3.8, 4) is 0 Å². The van der Waals surface area contributed by atoms with Crippen LogP contribution in [0, 0.1) is 11.3 Å². The van der Waals surface area contributed by atoms with Gasteiger partial charge in [0.1, 0.15) is 0 Å². The molecule has 1 aliphatic carbocycles. The Balaban J connectivity index is 1.51. The Morgan fingerprint density at radius 3 is 2.08 bits per heavy atom. The lowest BCUT2D eigenvalue weighted by atomic mass is 9.87. The number of aromatic nitrogens is 1. The lowest BCUT2D eigenvalue weighted by Gasteiger charge is -2.25. The second-order valence-electron chi connectivity index (χ2n) is 9.91. The minimum absolute atomic E-state index is 0.0616. The lowest BCUT2D eigenvalue weighted by molar-refractivity contribution is -0.152. The summed E-state index contributed by atoms with van der Waals surface area (Å²) in [7, 11) is 0. The van der Waals surface area contributed by atoms with Gasteiger partial charge in [-0.15, -0.1) is 0 Å². The summed E-state index contributed by atoms with van der Waals surface area (Å²) >= 11 is 0. The van der Waals surface area contributed by atoms with Crippen LogP contribution in [-0.2, 0) is 23.9 Å². The van der Waals surface area contributed by atoms with Crippen molar-refractivity contribution in [2.75, 3.05) is 13.2 Å². The monoisotopic (exact) mass is 491 g/mol. The van der Waals surface area contributed by atoms with Gasteiger partial charge >= 0.3 is 17.9 Å². The number of rotatable bonds is 12. The molecule has 7 nitrogen and oxygen atoms in total. The fraction of sp³-hybridized carbons (Fsp3) is 0.414. The van der Waals surface area contributed by atoms with Gasteiger partial charge in [-0.2, -0.15) is 0 Å². The van der Waals surface area contributed by atoms with Gasteiger partial charge in [-0.3, -0.25) is 9.59 Å². The molecule has 1 fully saturated rings. The minimum atomic E-state index is -0.850. The number of para-hydroxylation sites is 2. The van der Waals surface area contributed by atoms with E-state index in [2.05, 4.69) is 42.3 Å². The number of hydrogen-bond acceptors (Lipinski definition) is 5. The summed E-state index contributed by atoms with van der Waals surface area (Å²) in [6.45, 7) is 7.40. The molecule has 0 spiro atoms. The Morgan fingerprint density at radius 2 is 1.56 bits per heavy atom. The molecule has 3 aromatic rings. The Hall–Kier alpha value is -3.61. The summed E-state index contributed by atoms with van der Waals surface area (Å²) in [4.78, 5) is 36.6. The van der Waals surface area contributed by atoms with E-state index in [0.29, 0.717) is 31.3 Å². The van der Waals surface area contributed by atoms with Gasteiger partial charge in [-0.05, 0) is 51.7 Å². The van der Waals surface area contributed by atoms with Crippen LogP contribution in [0.2, 0.25) is 0 Å². The number of nitrogens with zero attached hydrogens (tertiary/aromatic N) is 1. The predicted molar refractivity (Wildman–Crippen MR) is 138 cm³/mol. The van der Waals surface area contributed by atoms with Gasteiger partial charge in [0.2, 0.25) is 0 Å². The molecule has 36 heavy (non-hydrogen) atoms. The number of aliphatic carboxylic acids is 1. The number of benzene rings is 2. The normalized spacial score (nSPS) is 15.8. The minimum Gasteiger partial charge on any atom is -0.481 e. The molecule has 0 radical (unpaired) electrons. The molecule has 1 saturated carbocycles. The summed E-state index contributed by atoms with van der Waals surface area (Å²) < 4.78 is 12.8. The van der Waals surface area contributed by atoms with Crippen LogP contribution in [-0.4, -0.2) is 40.8 Å². The Kier molecular flexibility index (Phi) is 7.48. The molecule has 1 aromatic heterocycles. The number of carbonyl (C=O) groups is 3. The summed E-state index contributed by atoms with van der Waals surface area (Å²) in [6.07, 6.45) is 2.23. The molecular weight excluding hydrogens is 458 g/mol. The highest BCUT2D eigenvalue weighted by molar-refractivity contribution is 6.08. The summed E-state index contributed by atoms with van der Waals surface area (Å²) in [5, 5.41) is 12.1. The first-order chi connectivity index (χ1) is 17.2. The maximum absolute atomic E-state index is 13.2. The van der Waals surface area contributed by atoms with Crippen molar-refractivity contribution in [1.82, 2.24) is 4.57 Å². The highest BCUT2D eigenvalue weighted by atomic mass is 16.5. The number of fused-ring (bicyclic) bond motifs is 3. The van der Waals surface area contributed by atoms with E-state index in [1.807, 2.05) is 24.3 Å². The quantitative estimate of drug-likeness (QED) is 0.199. The topological polar surface area (TPSA) is 94.8 Å². The third kappa shape index (κ3) is 5.30. The average molecular weight is 492 g/mol. The van der Waals surface area contributed by atoms with Crippen molar-refractivity contribution in [3.63, 3.8) is 0 Å². The Bertz CT molecular complexity index is 1250. The highest BCUT2D eigenvalue weighted by Crippen LogP contribution is 2.52. The van der Waals surface area contributed by atoms with E-state index in [4.69, 9.17) is 9.47 Å². The molecule has 0 bridgehead atoms. The number of ether oxygens (including phenoxy) is 2. The number of carboxylic acid groups (broad SMARTS) is 1. The van der Waals surface area contributed by atoms with Crippen LogP contribution in [0.3, 0.4) is 0 Å². The third-order valence-electron chi connectivity index (χ3n) is 7.08.